The molecule has 2 rings (SSSR count). The summed E-state index contributed by atoms with van der Waals surface area (Å²) < 4.78 is 26.5. The van der Waals surface area contributed by atoms with Crippen LogP contribution in [0.25, 0.3) is 11.1 Å². The minimum atomic E-state index is -1.38. The Morgan fingerprint density at radius 2 is 1.85 bits per heavy atom. The average Bonchev–Trinajstić information content (AvgIpc) is 2.38. The first kappa shape index (κ1) is 13.6. The van der Waals surface area contributed by atoms with Gasteiger partial charge in [0.05, 0.1) is 10.5 Å². The molecule has 7 heteroatoms. The second-order valence-corrected chi connectivity index (χ2v) is 3.95. The normalized spacial score (nSPS) is 10.3. The number of benzene rings is 2. The van der Waals surface area contributed by atoms with Crippen LogP contribution in [0.5, 0.6) is 0 Å². The van der Waals surface area contributed by atoms with Gasteiger partial charge < -0.3 is 5.11 Å². The lowest BCUT2D eigenvalue weighted by Crippen LogP contribution is -1.99. The van der Waals surface area contributed by atoms with Crippen molar-refractivity contribution in [3.05, 3.63) is 63.7 Å². The first-order chi connectivity index (χ1) is 9.38. The zero-order chi connectivity index (χ0) is 14.9. The maximum atomic E-state index is 13.6. The van der Waals surface area contributed by atoms with Crippen LogP contribution in [0.15, 0.2) is 36.4 Å². The highest BCUT2D eigenvalue weighted by Gasteiger charge is 2.16. The van der Waals surface area contributed by atoms with Gasteiger partial charge in [0.2, 0.25) is 0 Å². The van der Waals surface area contributed by atoms with Gasteiger partial charge in [-0.2, -0.15) is 0 Å². The van der Waals surface area contributed by atoms with E-state index in [1.54, 1.807) is 0 Å². The topological polar surface area (TPSA) is 80.4 Å². The van der Waals surface area contributed by atoms with Crippen molar-refractivity contribution < 1.29 is 23.6 Å². The highest BCUT2D eigenvalue weighted by Crippen LogP contribution is 2.28. The molecule has 5 nitrogen and oxygen atoms in total. The largest absolute Gasteiger partial charge is 0.478 e. The molecule has 0 heterocycles. The third-order valence-electron chi connectivity index (χ3n) is 2.62. The molecule has 0 spiro atoms. The Morgan fingerprint density at radius 1 is 1.15 bits per heavy atom. The summed E-state index contributed by atoms with van der Waals surface area (Å²) in [5.41, 5.74) is -0.951. The van der Waals surface area contributed by atoms with Crippen molar-refractivity contribution in [3.8, 4) is 11.1 Å². The molecule has 2 aromatic carbocycles. The van der Waals surface area contributed by atoms with Gasteiger partial charge >= 0.3 is 5.97 Å². The van der Waals surface area contributed by atoms with Gasteiger partial charge in [0.25, 0.3) is 5.69 Å². The Morgan fingerprint density at radius 3 is 2.40 bits per heavy atom. The number of hydrogen-bond acceptors (Lipinski definition) is 3. The number of carboxylic acids is 1. The minimum Gasteiger partial charge on any atom is -0.478 e. The molecule has 102 valence electrons. The molecule has 2 aromatic rings. The van der Waals surface area contributed by atoms with Gasteiger partial charge in [0.15, 0.2) is 0 Å². The maximum Gasteiger partial charge on any atom is 0.335 e. The van der Waals surface area contributed by atoms with Crippen molar-refractivity contribution >= 4 is 11.7 Å². The summed E-state index contributed by atoms with van der Waals surface area (Å²) in [6.45, 7) is 0. The standard InChI is InChI=1S/C13H7F2NO4/c14-9-1-2-11(12(15)6-9)7-3-8(13(17)18)5-10(4-7)16(19)20/h1-6H,(H,17,18). The quantitative estimate of drug-likeness (QED) is 0.690. The van der Waals surface area contributed by atoms with Crippen LogP contribution in [-0.2, 0) is 0 Å². The van der Waals surface area contributed by atoms with Crippen LogP contribution in [0.3, 0.4) is 0 Å². The van der Waals surface area contributed by atoms with Crippen molar-refractivity contribution in [2.75, 3.05) is 0 Å². The first-order valence-electron chi connectivity index (χ1n) is 5.36. The third kappa shape index (κ3) is 2.61. The van der Waals surface area contributed by atoms with Crippen molar-refractivity contribution in [1.82, 2.24) is 0 Å². The number of carboxylic acid groups (broad SMARTS) is 1. The molecule has 1 N–H and O–H groups in total. The monoisotopic (exact) mass is 279 g/mol. The number of nitro groups is 1. The average molecular weight is 279 g/mol. The molecule has 0 saturated heterocycles. The molecule has 0 bridgehead atoms. The molecule has 0 aromatic heterocycles. The van der Waals surface area contributed by atoms with E-state index in [1.807, 2.05) is 0 Å². The van der Waals surface area contributed by atoms with E-state index >= 15 is 0 Å². The fourth-order valence-electron chi connectivity index (χ4n) is 1.72. The van der Waals surface area contributed by atoms with Crippen LogP contribution < -0.4 is 0 Å². The van der Waals surface area contributed by atoms with E-state index in [-0.39, 0.29) is 16.7 Å². The van der Waals surface area contributed by atoms with Crippen LogP contribution in [0.1, 0.15) is 10.4 Å². The van der Waals surface area contributed by atoms with E-state index in [0.717, 1.165) is 30.3 Å². The Labute approximate surface area is 111 Å². The summed E-state index contributed by atoms with van der Waals surface area (Å²) in [6.07, 6.45) is 0. The number of aromatic carboxylic acids is 1. The van der Waals surface area contributed by atoms with Gasteiger partial charge in [-0.25, -0.2) is 13.6 Å². The second-order valence-electron chi connectivity index (χ2n) is 3.95. The van der Waals surface area contributed by atoms with Crippen molar-refractivity contribution in [2.45, 2.75) is 0 Å². The van der Waals surface area contributed by atoms with Gasteiger partial charge in [0, 0.05) is 23.8 Å². The lowest BCUT2D eigenvalue weighted by molar-refractivity contribution is -0.384. The number of nitro benzene ring substituents is 1. The SMILES string of the molecule is O=C(O)c1cc(-c2ccc(F)cc2F)cc([N+](=O)[O-])c1. The summed E-state index contributed by atoms with van der Waals surface area (Å²) in [5, 5.41) is 19.7. The van der Waals surface area contributed by atoms with Crippen LogP contribution >= 0.6 is 0 Å². The van der Waals surface area contributed by atoms with Gasteiger partial charge in [-0.1, -0.05) is 0 Å². The first-order valence-corrected chi connectivity index (χ1v) is 5.36. The highest BCUT2D eigenvalue weighted by molar-refractivity contribution is 5.90. The van der Waals surface area contributed by atoms with Gasteiger partial charge in [-0.05, 0) is 23.8 Å². The second kappa shape index (κ2) is 5.04. The number of carbonyl (C=O) groups is 1. The molecule has 0 fully saturated rings. The third-order valence-corrected chi connectivity index (χ3v) is 2.62. The Hall–Kier alpha value is -2.83. The summed E-state index contributed by atoms with van der Waals surface area (Å²) in [6, 6.07) is 5.68. The number of rotatable bonds is 3. The summed E-state index contributed by atoms with van der Waals surface area (Å²) in [7, 11) is 0. The van der Waals surface area contributed by atoms with Crippen LogP contribution in [0.4, 0.5) is 14.5 Å². The molecule has 0 aliphatic carbocycles. The highest BCUT2D eigenvalue weighted by atomic mass is 19.1. The molecular weight excluding hydrogens is 272 g/mol. The van der Waals surface area contributed by atoms with E-state index in [0.29, 0.717) is 6.07 Å². The molecule has 0 radical (unpaired) electrons. The zero-order valence-corrected chi connectivity index (χ0v) is 9.84. The Kier molecular flexibility index (Phi) is 3.43. The van der Waals surface area contributed by atoms with Crippen molar-refractivity contribution in [2.24, 2.45) is 0 Å². The predicted molar refractivity (Wildman–Crippen MR) is 65.4 cm³/mol. The van der Waals surface area contributed by atoms with Gasteiger partial charge in [-0.15, -0.1) is 0 Å². The summed E-state index contributed by atoms with van der Waals surface area (Å²) in [5.74, 6) is -3.10. The molecule has 0 unspecified atom stereocenters. The number of non-ortho nitro benzene ring substituents is 1. The van der Waals surface area contributed by atoms with Crippen molar-refractivity contribution in [1.29, 1.82) is 0 Å². The van der Waals surface area contributed by atoms with Crippen molar-refractivity contribution in [3.63, 3.8) is 0 Å². The molecular formula is C13H7F2NO4. The minimum absolute atomic E-state index is 0.00546. The number of hydrogen-bond donors (Lipinski definition) is 1. The smallest absolute Gasteiger partial charge is 0.335 e. The van der Waals surface area contributed by atoms with Gasteiger partial charge in [-0.3, -0.25) is 10.1 Å². The lowest BCUT2D eigenvalue weighted by Gasteiger charge is -2.05. The van der Waals surface area contributed by atoms with E-state index < -0.39 is 28.2 Å². The van der Waals surface area contributed by atoms with E-state index in [9.17, 15) is 23.7 Å². The van der Waals surface area contributed by atoms with Crippen LogP contribution in [0.2, 0.25) is 0 Å². The van der Waals surface area contributed by atoms with Crippen LogP contribution in [0, 0.1) is 21.7 Å². The predicted octanol–water partition coefficient (Wildman–Crippen LogP) is 3.24. The fourth-order valence-corrected chi connectivity index (χ4v) is 1.72. The fraction of sp³-hybridized carbons (Fsp3) is 0. The molecule has 0 saturated carbocycles. The van der Waals surface area contributed by atoms with E-state index in [2.05, 4.69) is 0 Å². The molecule has 0 aliphatic rings. The summed E-state index contributed by atoms with van der Waals surface area (Å²) in [4.78, 5) is 20.9. The zero-order valence-electron chi connectivity index (χ0n) is 9.84. The summed E-state index contributed by atoms with van der Waals surface area (Å²) >= 11 is 0. The molecule has 0 aliphatic heterocycles. The lowest BCUT2D eigenvalue weighted by atomic mass is 10.0. The van der Waals surface area contributed by atoms with Crippen LogP contribution in [-0.4, -0.2) is 16.0 Å². The Balaban J connectivity index is 2.66. The van der Waals surface area contributed by atoms with Gasteiger partial charge in [0.1, 0.15) is 11.6 Å². The van der Waals surface area contributed by atoms with E-state index in [4.69, 9.17) is 5.11 Å². The number of halogens is 2. The molecule has 0 amide bonds. The van der Waals surface area contributed by atoms with E-state index in [1.165, 1.54) is 0 Å². The molecule has 0 atom stereocenters. The molecule has 20 heavy (non-hydrogen) atoms. The number of nitrogens with zero attached hydrogens (tertiary/aromatic N) is 1. The Bertz CT molecular complexity index is 683. The maximum absolute atomic E-state index is 13.6.